The van der Waals surface area contributed by atoms with E-state index < -0.39 is 25.7 Å². The molecule has 0 amide bonds. The zero-order valence-corrected chi connectivity index (χ0v) is 20.5. The molecule has 0 aromatic heterocycles. The third kappa shape index (κ3) is 22.2. The van der Waals surface area contributed by atoms with Crippen molar-refractivity contribution in [3.05, 3.63) is 0 Å². The van der Waals surface area contributed by atoms with Crippen molar-refractivity contribution in [1.29, 1.82) is 0 Å². The Balaban J connectivity index is 3.41. The second kappa shape index (κ2) is 15.0. The van der Waals surface area contributed by atoms with Gasteiger partial charge >= 0.3 is 12.3 Å². The Labute approximate surface area is 180 Å². The van der Waals surface area contributed by atoms with Crippen molar-refractivity contribution in [2.24, 2.45) is 0 Å². The van der Waals surface area contributed by atoms with Crippen LogP contribution in [0.25, 0.3) is 0 Å². The molecule has 0 saturated carbocycles. The average Bonchev–Trinajstić information content (AvgIpc) is 2.53. The SMILES string of the molecule is C[Si](Cl)(Cl)CCCOC(=O)OCCOCCOC(=O)OCCC[Si](C)(Cl)Cl. The van der Waals surface area contributed by atoms with Gasteiger partial charge in [-0.15, -0.1) is 44.3 Å². The molecule has 0 atom stereocenters. The van der Waals surface area contributed by atoms with Crippen LogP contribution >= 0.6 is 44.3 Å². The molecule has 0 aliphatic heterocycles. The molecule has 160 valence electrons. The summed E-state index contributed by atoms with van der Waals surface area (Å²) in [6.45, 7) is 0.0398. The Kier molecular flexibility index (Phi) is 15.1. The van der Waals surface area contributed by atoms with Crippen molar-refractivity contribution in [3.63, 3.8) is 0 Å². The highest BCUT2D eigenvalue weighted by Gasteiger charge is 2.21. The second-order valence-corrected chi connectivity index (χ2v) is 22.3. The molecule has 0 radical (unpaired) electrons. The second-order valence-electron chi connectivity index (χ2n) is 5.85. The first kappa shape index (κ1) is 27.1. The lowest BCUT2D eigenvalue weighted by atomic mass is 10.5. The van der Waals surface area contributed by atoms with Crippen LogP contribution in [0.1, 0.15) is 12.8 Å². The van der Waals surface area contributed by atoms with E-state index in [-0.39, 0.29) is 39.6 Å². The van der Waals surface area contributed by atoms with Gasteiger partial charge in [0.05, 0.1) is 26.4 Å². The number of carbonyl (C=O) groups excluding carboxylic acids is 2. The van der Waals surface area contributed by atoms with Crippen LogP contribution in [0.3, 0.4) is 0 Å². The van der Waals surface area contributed by atoms with E-state index in [0.717, 1.165) is 0 Å². The minimum Gasteiger partial charge on any atom is -0.434 e. The fraction of sp³-hybridized carbons (Fsp3) is 0.857. The minimum absolute atomic E-state index is 0.0280. The van der Waals surface area contributed by atoms with Gasteiger partial charge in [-0.05, 0) is 38.0 Å². The maximum Gasteiger partial charge on any atom is 0.508 e. The van der Waals surface area contributed by atoms with Crippen molar-refractivity contribution < 1.29 is 33.3 Å². The average molecular weight is 504 g/mol. The van der Waals surface area contributed by atoms with Crippen LogP contribution in [0.15, 0.2) is 0 Å². The lowest BCUT2D eigenvalue weighted by molar-refractivity contribution is 0.00625. The Morgan fingerprint density at radius 3 is 1.30 bits per heavy atom. The number of rotatable bonds is 14. The van der Waals surface area contributed by atoms with E-state index in [1.807, 2.05) is 0 Å². The molecule has 0 bridgehead atoms. The summed E-state index contributed by atoms with van der Waals surface area (Å²) >= 11 is 23.7. The summed E-state index contributed by atoms with van der Waals surface area (Å²) in [6, 6.07) is 1.27. The molecule has 27 heavy (non-hydrogen) atoms. The fourth-order valence-corrected chi connectivity index (χ4v) is 4.76. The summed E-state index contributed by atoms with van der Waals surface area (Å²) < 4.78 is 24.5. The summed E-state index contributed by atoms with van der Waals surface area (Å²) in [6.07, 6.45) is -0.375. The number of carbonyl (C=O) groups is 2. The molecule has 0 saturated heterocycles. The molecule has 0 aliphatic carbocycles. The Bertz CT molecular complexity index is 393. The van der Waals surface area contributed by atoms with E-state index in [9.17, 15) is 9.59 Å². The van der Waals surface area contributed by atoms with Gasteiger partial charge in [-0.1, -0.05) is 0 Å². The van der Waals surface area contributed by atoms with Crippen LogP contribution in [-0.2, 0) is 23.7 Å². The molecular weight excluding hydrogens is 478 g/mol. The van der Waals surface area contributed by atoms with Gasteiger partial charge in [0.15, 0.2) is 0 Å². The van der Waals surface area contributed by atoms with E-state index in [2.05, 4.69) is 0 Å². The van der Waals surface area contributed by atoms with Gasteiger partial charge in [0.2, 0.25) is 13.4 Å². The van der Waals surface area contributed by atoms with Gasteiger partial charge < -0.3 is 23.7 Å². The Morgan fingerprint density at radius 1 is 0.630 bits per heavy atom. The predicted molar refractivity (Wildman–Crippen MR) is 111 cm³/mol. The monoisotopic (exact) mass is 502 g/mol. The van der Waals surface area contributed by atoms with Gasteiger partial charge in [-0.25, -0.2) is 9.59 Å². The molecule has 13 heteroatoms. The zero-order chi connectivity index (χ0) is 20.8. The van der Waals surface area contributed by atoms with Gasteiger partial charge in [0, 0.05) is 0 Å². The van der Waals surface area contributed by atoms with Crippen LogP contribution in [-0.4, -0.2) is 65.3 Å². The van der Waals surface area contributed by atoms with Crippen molar-refractivity contribution >= 4 is 70.0 Å². The Hall–Kier alpha value is 0.0938. The Morgan fingerprint density at radius 2 is 0.963 bits per heavy atom. The molecule has 0 rings (SSSR count). The number of hydrogen-bond acceptors (Lipinski definition) is 7. The fourth-order valence-electron chi connectivity index (χ4n) is 1.63. The summed E-state index contributed by atoms with van der Waals surface area (Å²) in [5, 5.41) is 0. The van der Waals surface area contributed by atoms with E-state index in [0.29, 0.717) is 24.9 Å². The molecule has 0 N–H and O–H groups in total. The molecule has 0 spiro atoms. The van der Waals surface area contributed by atoms with E-state index >= 15 is 0 Å². The van der Waals surface area contributed by atoms with Crippen LogP contribution < -0.4 is 0 Å². The van der Waals surface area contributed by atoms with Gasteiger partial charge in [0.1, 0.15) is 13.2 Å². The molecule has 0 aliphatic rings. The molecule has 0 aromatic carbocycles. The smallest absolute Gasteiger partial charge is 0.434 e. The van der Waals surface area contributed by atoms with Gasteiger partial charge in [-0.2, -0.15) is 0 Å². The van der Waals surface area contributed by atoms with Crippen LogP contribution in [0.2, 0.25) is 25.2 Å². The van der Waals surface area contributed by atoms with Gasteiger partial charge in [0.25, 0.3) is 0 Å². The number of hydrogen-bond donors (Lipinski definition) is 0. The molecule has 0 fully saturated rings. The maximum absolute atomic E-state index is 11.3. The molecular formula is C14H26Cl4O7Si2. The quantitative estimate of drug-likeness (QED) is 0.139. The zero-order valence-electron chi connectivity index (χ0n) is 15.4. The highest BCUT2D eigenvalue weighted by atomic mass is 35.7. The van der Waals surface area contributed by atoms with Crippen molar-refractivity contribution in [3.8, 4) is 0 Å². The highest BCUT2D eigenvalue weighted by molar-refractivity contribution is 7.45. The van der Waals surface area contributed by atoms with E-state index in [1.54, 1.807) is 13.1 Å². The molecule has 7 nitrogen and oxygen atoms in total. The summed E-state index contributed by atoms with van der Waals surface area (Å²) in [5.74, 6) is 0. The first-order valence-electron chi connectivity index (χ1n) is 8.42. The van der Waals surface area contributed by atoms with Crippen molar-refractivity contribution in [2.45, 2.75) is 38.0 Å². The van der Waals surface area contributed by atoms with Crippen molar-refractivity contribution in [2.75, 3.05) is 39.6 Å². The standard InChI is InChI=1S/C14H26Cl4O7Si2/c1-26(15,16)11-3-5-22-13(19)24-9-7-21-8-10-25-14(20)23-6-4-12-27(2,17)18/h3-12H2,1-2H3. The van der Waals surface area contributed by atoms with Crippen LogP contribution in [0.5, 0.6) is 0 Å². The minimum atomic E-state index is -2.16. The first-order valence-corrected chi connectivity index (χ1v) is 17.9. The topological polar surface area (TPSA) is 80.3 Å². The van der Waals surface area contributed by atoms with Gasteiger partial charge in [-0.3, -0.25) is 0 Å². The lowest BCUT2D eigenvalue weighted by Gasteiger charge is -2.11. The van der Waals surface area contributed by atoms with Crippen molar-refractivity contribution in [1.82, 2.24) is 0 Å². The predicted octanol–water partition coefficient (Wildman–Crippen LogP) is 5.19. The summed E-state index contributed by atoms with van der Waals surface area (Å²) in [5.41, 5.74) is 0. The van der Waals surface area contributed by atoms with E-state index in [4.69, 9.17) is 68.0 Å². The van der Waals surface area contributed by atoms with Crippen LogP contribution in [0.4, 0.5) is 9.59 Å². The lowest BCUT2D eigenvalue weighted by Crippen LogP contribution is -2.17. The van der Waals surface area contributed by atoms with E-state index in [1.165, 1.54) is 0 Å². The maximum atomic E-state index is 11.3. The normalized spacial score (nSPS) is 11.8. The number of halogens is 4. The summed E-state index contributed by atoms with van der Waals surface area (Å²) in [7, 11) is 0. The summed E-state index contributed by atoms with van der Waals surface area (Å²) in [4.78, 5) is 22.6. The molecule has 0 aromatic rings. The molecule has 0 unspecified atom stereocenters. The number of ether oxygens (including phenoxy) is 5. The first-order chi connectivity index (χ1) is 12.5. The third-order valence-electron chi connectivity index (χ3n) is 2.86. The largest absolute Gasteiger partial charge is 0.508 e. The third-order valence-corrected chi connectivity index (χ3v) is 7.59. The van der Waals surface area contributed by atoms with Crippen LogP contribution in [0, 0.1) is 0 Å². The highest BCUT2D eigenvalue weighted by Crippen LogP contribution is 2.21. The molecule has 0 heterocycles.